The van der Waals surface area contributed by atoms with Crippen LogP contribution in [0.15, 0.2) is 30.3 Å². The van der Waals surface area contributed by atoms with Crippen LogP contribution in [0.2, 0.25) is 0 Å². The average Bonchev–Trinajstić information content (AvgIpc) is 2.28. The standard InChI is InChI=1S/C13H17NO3/c1-9(2)17-13(16)14-10(3)12(15)11-7-5-4-6-8-11/h4-10H,1-3H3,(H,14,16). The number of Topliss-reactive ketones (excluding diaryl/α,β-unsaturated/α-hetero) is 1. The fourth-order valence-corrected chi connectivity index (χ4v) is 1.34. The summed E-state index contributed by atoms with van der Waals surface area (Å²) in [6, 6.07) is 8.24. The van der Waals surface area contributed by atoms with Crippen molar-refractivity contribution >= 4 is 11.9 Å². The number of carbonyl (C=O) groups is 2. The summed E-state index contributed by atoms with van der Waals surface area (Å²) in [5.74, 6) is -0.133. The molecule has 1 amide bonds. The van der Waals surface area contributed by atoms with Gasteiger partial charge in [-0.25, -0.2) is 4.79 Å². The molecule has 0 aromatic heterocycles. The summed E-state index contributed by atoms with van der Waals surface area (Å²) in [6.07, 6.45) is -0.772. The quantitative estimate of drug-likeness (QED) is 0.815. The molecule has 1 atom stereocenters. The first-order valence-corrected chi connectivity index (χ1v) is 5.57. The van der Waals surface area contributed by atoms with E-state index in [-0.39, 0.29) is 11.9 Å². The van der Waals surface area contributed by atoms with Gasteiger partial charge in [0.1, 0.15) is 0 Å². The van der Waals surface area contributed by atoms with Gasteiger partial charge in [0.05, 0.1) is 12.1 Å². The topological polar surface area (TPSA) is 55.4 Å². The van der Waals surface area contributed by atoms with Crippen LogP contribution in [-0.4, -0.2) is 24.0 Å². The second kappa shape index (κ2) is 6.03. The van der Waals surface area contributed by atoms with Crippen molar-refractivity contribution in [2.24, 2.45) is 0 Å². The lowest BCUT2D eigenvalue weighted by atomic mass is 10.1. The average molecular weight is 235 g/mol. The van der Waals surface area contributed by atoms with E-state index in [0.29, 0.717) is 5.56 Å². The number of alkyl carbamates (subject to hydrolysis) is 1. The summed E-state index contributed by atoms with van der Waals surface area (Å²) in [7, 11) is 0. The van der Waals surface area contributed by atoms with Crippen LogP contribution in [0.25, 0.3) is 0 Å². The smallest absolute Gasteiger partial charge is 0.407 e. The van der Waals surface area contributed by atoms with E-state index < -0.39 is 12.1 Å². The second-order valence-electron chi connectivity index (χ2n) is 4.05. The van der Waals surface area contributed by atoms with E-state index in [9.17, 15) is 9.59 Å². The van der Waals surface area contributed by atoms with Gasteiger partial charge >= 0.3 is 6.09 Å². The van der Waals surface area contributed by atoms with Crippen molar-refractivity contribution in [3.63, 3.8) is 0 Å². The van der Waals surface area contributed by atoms with Gasteiger partial charge < -0.3 is 10.1 Å². The van der Waals surface area contributed by atoms with Crippen molar-refractivity contribution in [2.45, 2.75) is 32.9 Å². The zero-order valence-electron chi connectivity index (χ0n) is 10.3. The van der Waals surface area contributed by atoms with Crippen molar-refractivity contribution < 1.29 is 14.3 Å². The molecule has 1 rings (SSSR count). The Morgan fingerprint density at radius 1 is 1.12 bits per heavy atom. The summed E-state index contributed by atoms with van der Waals surface area (Å²) < 4.78 is 4.90. The van der Waals surface area contributed by atoms with Gasteiger partial charge in [-0.3, -0.25) is 4.79 Å². The number of benzene rings is 1. The predicted octanol–water partition coefficient (Wildman–Crippen LogP) is 2.39. The van der Waals surface area contributed by atoms with Crippen LogP contribution in [0.4, 0.5) is 4.79 Å². The molecule has 0 bridgehead atoms. The molecule has 1 N–H and O–H groups in total. The van der Waals surface area contributed by atoms with Crippen LogP contribution in [-0.2, 0) is 4.74 Å². The van der Waals surface area contributed by atoms with Gasteiger partial charge in [0.25, 0.3) is 0 Å². The van der Waals surface area contributed by atoms with Crippen molar-refractivity contribution in [3.8, 4) is 0 Å². The Morgan fingerprint density at radius 3 is 2.24 bits per heavy atom. The number of amides is 1. The monoisotopic (exact) mass is 235 g/mol. The summed E-state index contributed by atoms with van der Waals surface area (Å²) in [4.78, 5) is 23.2. The summed E-state index contributed by atoms with van der Waals surface area (Å²) in [6.45, 7) is 5.14. The maximum atomic E-state index is 11.9. The number of hydrogen-bond acceptors (Lipinski definition) is 3. The number of carbonyl (C=O) groups excluding carboxylic acids is 2. The Hall–Kier alpha value is -1.84. The van der Waals surface area contributed by atoms with Crippen LogP contribution in [0.3, 0.4) is 0 Å². The minimum absolute atomic E-state index is 0.133. The molecule has 1 aromatic carbocycles. The minimum Gasteiger partial charge on any atom is -0.447 e. The van der Waals surface area contributed by atoms with E-state index in [1.54, 1.807) is 45.0 Å². The molecule has 0 radical (unpaired) electrons. The van der Waals surface area contributed by atoms with Crippen molar-refractivity contribution in [3.05, 3.63) is 35.9 Å². The Bertz CT molecular complexity index is 387. The normalized spacial score (nSPS) is 12.0. The first-order chi connectivity index (χ1) is 8.00. The van der Waals surface area contributed by atoms with Crippen LogP contribution in [0, 0.1) is 0 Å². The molecule has 0 aliphatic heterocycles. The minimum atomic E-state index is -0.594. The van der Waals surface area contributed by atoms with E-state index in [1.807, 2.05) is 6.07 Å². The largest absolute Gasteiger partial charge is 0.447 e. The number of hydrogen-bond donors (Lipinski definition) is 1. The zero-order chi connectivity index (χ0) is 12.8. The molecule has 1 aromatic rings. The molecule has 4 heteroatoms. The number of rotatable bonds is 4. The Kier molecular flexibility index (Phi) is 4.69. The van der Waals surface area contributed by atoms with Crippen molar-refractivity contribution in [2.75, 3.05) is 0 Å². The fourth-order valence-electron chi connectivity index (χ4n) is 1.34. The highest BCUT2D eigenvalue weighted by molar-refractivity contribution is 6.01. The molecule has 0 spiro atoms. The lowest BCUT2D eigenvalue weighted by Crippen LogP contribution is -2.39. The first kappa shape index (κ1) is 13.2. The Morgan fingerprint density at radius 2 is 1.71 bits per heavy atom. The molecule has 1 unspecified atom stereocenters. The number of nitrogens with one attached hydrogen (secondary N) is 1. The van der Waals surface area contributed by atoms with E-state index in [2.05, 4.69) is 5.32 Å². The molecule has 0 fully saturated rings. The number of ether oxygens (including phenoxy) is 1. The lowest BCUT2D eigenvalue weighted by Gasteiger charge is -2.14. The molecule has 4 nitrogen and oxygen atoms in total. The second-order valence-corrected chi connectivity index (χ2v) is 4.05. The van der Waals surface area contributed by atoms with E-state index in [1.165, 1.54) is 0 Å². The van der Waals surface area contributed by atoms with Gasteiger partial charge in [0.15, 0.2) is 5.78 Å². The van der Waals surface area contributed by atoms with Gasteiger partial charge in [-0.2, -0.15) is 0 Å². The summed E-state index contributed by atoms with van der Waals surface area (Å²) >= 11 is 0. The van der Waals surface area contributed by atoms with Crippen LogP contribution >= 0.6 is 0 Å². The zero-order valence-corrected chi connectivity index (χ0v) is 10.3. The van der Waals surface area contributed by atoms with Gasteiger partial charge in [0.2, 0.25) is 0 Å². The molecule has 0 aliphatic rings. The highest BCUT2D eigenvalue weighted by Gasteiger charge is 2.18. The van der Waals surface area contributed by atoms with Gasteiger partial charge in [0, 0.05) is 5.56 Å². The van der Waals surface area contributed by atoms with Crippen LogP contribution < -0.4 is 5.32 Å². The maximum absolute atomic E-state index is 11.9. The third kappa shape index (κ3) is 4.26. The molecule has 17 heavy (non-hydrogen) atoms. The molecule has 0 heterocycles. The van der Waals surface area contributed by atoms with E-state index in [4.69, 9.17) is 4.74 Å². The first-order valence-electron chi connectivity index (χ1n) is 5.57. The molecular formula is C13H17NO3. The summed E-state index contributed by atoms with van der Waals surface area (Å²) in [5.41, 5.74) is 0.574. The van der Waals surface area contributed by atoms with Gasteiger partial charge in [-0.05, 0) is 20.8 Å². The SMILES string of the molecule is CC(C)OC(=O)NC(C)C(=O)c1ccccc1. The van der Waals surface area contributed by atoms with E-state index >= 15 is 0 Å². The van der Waals surface area contributed by atoms with Crippen LogP contribution in [0.5, 0.6) is 0 Å². The van der Waals surface area contributed by atoms with Gasteiger partial charge in [-0.1, -0.05) is 30.3 Å². The highest BCUT2D eigenvalue weighted by Crippen LogP contribution is 2.03. The Balaban J connectivity index is 2.56. The molecular weight excluding hydrogens is 218 g/mol. The third-order valence-electron chi connectivity index (χ3n) is 2.13. The van der Waals surface area contributed by atoms with Crippen molar-refractivity contribution in [1.82, 2.24) is 5.32 Å². The number of ketones is 1. The maximum Gasteiger partial charge on any atom is 0.407 e. The molecule has 92 valence electrons. The Labute approximate surface area is 101 Å². The van der Waals surface area contributed by atoms with E-state index in [0.717, 1.165) is 0 Å². The van der Waals surface area contributed by atoms with Gasteiger partial charge in [-0.15, -0.1) is 0 Å². The summed E-state index contributed by atoms with van der Waals surface area (Å²) in [5, 5.41) is 2.50. The molecule has 0 saturated heterocycles. The molecule has 0 saturated carbocycles. The highest BCUT2D eigenvalue weighted by atomic mass is 16.6. The predicted molar refractivity (Wildman–Crippen MR) is 65.0 cm³/mol. The third-order valence-corrected chi connectivity index (χ3v) is 2.13. The molecule has 0 aliphatic carbocycles. The van der Waals surface area contributed by atoms with Crippen molar-refractivity contribution in [1.29, 1.82) is 0 Å². The van der Waals surface area contributed by atoms with Crippen LogP contribution in [0.1, 0.15) is 31.1 Å². The lowest BCUT2D eigenvalue weighted by molar-refractivity contribution is 0.0899. The fraction of sp³-hybridized carbons (Fsp3) is 0.385.